The first-order chi connectivity index (χ1) is 9.92. The average Bonchev–Trinajstić information content (AvgIpc) is 2.82. The van der Waals surface area contributed by atoms with Crippen LogP contribution in [0.25, 0.3) is 0 Å². The summed E-state index contributed by atoms with van der Waals surface area (Å²) in [5.74, 6) is -0.230. The van der Waals surface area contributed by atoms with Crippen LogP contribution in [0.3, 0.4) is 0 Å². The zero-order chi connectivity index (χ0) is 15.6. The van der Waals surface area contributed by atoms with Crippen LogP contribution in [0.2, 0.25) is 0 Å². The predicted octanol–water partition coefficient (Wildman–Crippen LogP) is 4.09. The highest BCUT2D eigenvalue weighted by atomic mass is 32.1. The number of carbonyl (C=O) groups is 1. The minimum Gasteiger partial charge on any atom is -0.321 e. The lowest BCUT2D eigenvalue weighted by molar-refractivity contribution is -0.384. The molecule has 0 saturated carbocycles. The van der Waals surface area contributed by atoms with Crippen LogP contribution >= 0.6 is 11.3 Å². The number of carbonyl (C=O) groups excluding carboxylic acids is 1. The second-order valence-electron chi connectivity index (χ2n) is 4.78. The number of anilines is 1. The van der Waals surface area contributed by atoms with E-state index in [-0.39, 0.29) is 11.6 Å². The molecule has 6 heteroatoms. The second-order valence-corrected chi connectivity index (χ2v) is 5.92. The van der Waals surface area contributed by atoms with Crippen molar-refractivity contribution in [2.45, 2.75) is 27.2 Å². The van der Waals surface area contributed by atoms with Crippen molar-refractivity contribution in [1.29, 1.82) is 0 Å². The van der Waals surface area contributed by atoms with Crippen molar-refractivity contribution in [2.24, 2.45) is 0 Å². The number of amides is 1. The van der Waals surface area contributed by atoms with Crippen molar-refractivity contribution in [2.75, 3.05) is 5.32 Å². The summed E-state index contributed by atoms with van der Waals surface area (Å²) in [6.45, 7) is 5.83. The Kier molecular flexibility index (Phi) is 4.37. The fourth-order valence-electron chi connectivity index (χ4n) is 2.02. The maximum atomic E-state index is 12.3. The summed E-state index contributed by atoms with van der Waals surface area (Å²) in [6, 6.07) is 6.29. The topological polar surface area (TPSA) is 72.2 Å². The molecule has 2 aromatic rings. The van der Waals surface area contributed by atoms with Gasteiger partial charge in [0.15, 0.2) is 0 Å². The van der Waals surface area contributed by atoms with Crippen LogP contribution in [0.5, 0.6) is 0 Å². The molecule has 1 aromatic heterocycles. The minimum absolute atomic E-state index is 0.0347. The summed E-state index contributed by atoms with van der Waals surface area (Å²) in [5, 5.41) is 13.6. The molecule has 21 heavy (non-hydrogen) atoms. The van der Waals surface area contributed by atoms with Crippen LogP contribution in [0, 0.1) is 24.0 Å². The number of rotatable bonds is 4. The van der Waals surface area contributed by atoms with Gasteiger partial charge in [-0.05, 0) is 37.5 Å². The number of aryl methyl sites for hydroxylation is 3. The molecule has 0 saturated heterocycles. The van der Waals surface area contributed by atoms with Gasteiger partial charge < -0.3 is 5.32 Å². The monoisotopic (exact) mass is 304 g/mol. The van der Waals surface area contributed by atoms with E-state index in [1.165, 1.54) is 28.3 Å². The van der Waals surface area contributed by atoms with Gasteiger partial charge in [-0.1, -0.05) is 13.0 Å². The van der Waals surface area contributed by atoms with E-state index in [2.05, 4.69) is 5.32 Å². The molecule has 1 aromatic carbocycles. The minimum atomic E-state index is -0.473. The molecule has 0 aliphatic carbocycles. The van der Waals surface area contributed by atoms with Crippen molar-refractivity contribution < 1.29 is 9.72 Å². The molecule has 0 spiro atoms. The number of hydrogen-bond donors (Lipinski definition) is 1. The van der Waals surface area contributed by atoms with Crippen molar-refractivity contribution in [3.8, 4) is 0 Å². The molecule has 0 radical (unpaired) electrons. The number of benzene rings is 1. The molecule has 0 aliphatic heterocycles. The van der Waals surface area contributed by atoms with Gasteiger partial charge in [-0.3, -0.25) is 14.9 Å². The van der Waals surface area contributed by atoms with Crippen molar-refractivity contribution in [1.82, 2.24) is 0 Å². The molecule has 2 rings (SSSR count). The highest BCUT2D eigenvalue weighted by molar-refractivity contribution is 7.14. The van der Waals surface area contributed by atoms with Gasteiger partial charge in [0, 0.05) is 17.0 Å². The molecule has 110 valence electrons. The van der Waals surface area contributed by atoms with Crippen LogP contribution in [0.1, 0.15) is 32.6 Å². The highest BCUT2D eigenvalue weighted by Crippen LogP contribution is 2.26. The number of non-ortho nitro benzene ring substituents is 1. The zero-order valence-corrected chi connectivity index (χ0v) is 12.9. The van der Waals surface area contributed by atoms with E-state index in [0.29, 0.717) is 10.6 Å². The van der Waals surface area contributed by atoms with Gasteiger partial charge in [-0.25, -0.2) is 0 Å². The van der Waals surface area contributed by atoms with Gasteiger partial charge in [0.1, 0.15) is 0 Å². The molecule has 0 bridgehead atoms. The van der Waals surface area contributed by atoms with E-state index in [9.17, 15) is 14.9 Å². The molecule has 5 nitrogen and oxygen atoms in total. The van der Waals surface area contributed by atoms with Gasteiger partial charge in [0.05, 0.1) is 15.5 Å². The summed E-state index contributed by atoms with van der Waals surface area (Å²) in [6.07, 6.45) is 0.889. The van der Waals surface area contributed by atoms with Crippen molar-refractivity contribution in [3.63, 3.8) is 0 Å². The van der Waals surface area contributed by atoms with Crippen LogP contribution in [-0.2, 0) is 6.42 Å². The summed E-state index contributed by atoms with van der Waals surface area (Å²) in [7, 11) is 0. The number of thiophene rings is 1. The maximum Gasteiger partial charge on any atom is 0.271 e. The van der Waals surface area contributed by atoms with E-state index >= 15 is 0 Å². The Morgan fingerprint density at radius 3 is 2.57 bits per heavy atom. The van der Waals surface area contributed by atoms with Gasteiger partial charge in [0.2, 0.25) is 0 Å². The Bertz CT molecular complexity index is 707. The van der Waals surface area contributed by atoms with Crippen LogP contribution < -0.4 is 5.32 Å². The zero-order valence-electron chi connectivity index (χ0n) is 12.1. The Labute approximate surface area is 126 Å². The van der Waals surface area contributed by atoms with Crippen LogP contribution in [-0.4, -0.2) is 10.8 Å². The first-order valence-electron chi connectivity index (χ1n) is 6.58. The van der Waals surface area contributed by atoms with Crippen molar-refractivity contribution >= 4 is 28.6 Å². The van der Waals surface area contributed by atoms with Gasteiger partial charge >= 0.3 is 0 Å². The summed E-state index contributed by atoms with van der Waals surface area (Å²) in [4.78, 5) is 24.4. The molecular formula is C15H16N2O3S. The number of nitrogens with zero attached hydrogens (tertiary/aromatic N) is 1. The fraction of sp³-hybridized carbons (Fsp3) is 0.267. The Morgan fingerprint density at radius 1 is 1.29 bits per heavy atom. The normalized spacial score (nSPS) is 10.4. The lowest BCUT2D eigenvalue weighted by Crippen LogP contribution is -2.11. The second kappa shape index (κ2) is 6.05. The first-order valence-corrected chi connectivity index (χ1v) is 7.39. The van der Waals surface area contributed by atoms with E-state index in [4.69, 9.17) is 0 Å². The number of hydrogen-bond acceptors (Lipinski definition) is 4. The first kappa shape index (κ1) is 15.2. The van der Waals surface area contributed by atoms with E-state index in [1.807, 2.05) is 19.9 Å². The average molecular weight is 304 g/mol. The molecule has 0 unspecified atom stereocenters. The molecular weight excluding hydrogens is 288 g/mol. The number of nitrogens with one attached hydrogen (secondary N) is 1. The maximum absolute atomic E-state index is 12.3. The molecule has 0 atom stereocenters. The molecule has 0 aliphatic rings. The van der Waals surface area contributed by atoms with E-state index in [0.717, 1.165) is 17.5 Å². The molecule has 1 heterocycles. The summed E-state index contributed by atoms with van der Waals surface area (Å²) in [5.41, 5.74) is 2.33. The quantitative estimate of drug-likeness (QED) is 0.683. The van der Waals surface area contributed by atoms with Crippen LogP contribution in [0.4, 0.5) is 11.4 Å². The lowest BCUT2D eigenvalue weighted by atomic mass is 10.1. The summed E-state index contributed by atoms with van der Waals surface area (Å²) >= 11 is 1.46. The Hall–Kier alpha value is -2.21. The Balaban J connectivity index is 2.26. The molecule has 0 fully saturated rings. The fourth-order valence-corrected chi connectivity index (χ4v) is 3.03. The smallest absolute Gasteiger partial charge is 0.271 e. The van der Waals surface area contributed by atoms with Crippen LogP contribution in [0.15, 0.2) is 24.3 Å². The van der Waals surface area contributed by atoms with Gasteiger partial charge in [-0.2, -0.15) is 0 Å². The van der Waals surface area contributed by atoms with Crippen molar-refractivity contribution in [3.05, 3.63) is 55.3 Å². The third kappa shape index (κ3) is 3.28. The van der Waals surface area contributed by atoms with E-state index < -0.39 is 4.92 Å². The predicted molar refractivity (Wildman–Crippen MR) is 84.2 cm³/mol. The standard InChI is InChI=1S/C15H16N2O3S/c1-4-13-10(3)7-14(21-13)15(18)16-12-8-11(17(19)20)6-5-9(12)2/h5-8H,4H2,1-3H3,(H,16,18). The summed E-state index contributed by atoms with van der Waals surface area (Å²) < 4.78 is 0. The third-order valence-corrected chi connectivity index (χ3v) is 4.63. The SMILES string of the molecule is CCc1sc(C(=O)Nc2cc([N+](=O)[O-])ccc2C)cc1C. The van der Waals surface area contributed by atoms with Gasteiger partial charge in [-0.15, -0.1) is 11.3 Å². The Morgan fingerprint density at radius 2 is 2.00 bits per heavy atom. The highest BCUT2D eigenvalue weighted by Gasteiger charge is 2.15. The lowest BCUT2D eigenvalue weighted by Gasteiger charge is -2.07. The molecule has 1 N–H and O–H groups in total. The number of nitro benzene ring substituents is 1. The number of nitro groups is 1. The van der Waals surface area contributed by atoms with Gasteiger partial charge in [0.25, 0.3) is 11.6 Å². The largest absolute Gasteiger partial charge is 0.321 e. The third-order valence-electron chi connectivity index (χ3n) is 3.25. The van der Waals surface area contributed by atoms with E-state index in [1.54, 1.807) is 13.0 Å². The molecule has 1 amide bonds.